The van der Waals surface area contributed by atoms with E-state index >= 15 is 0 Å². The summed E-state index contributed by atoms with van der Waals surface area (Å²) in [7, 11) is 1.62. The van der Waals surface area contributed by atoms with Crippen LogP contribution in [0.4, 0.5) is 10.3 Å². The van der Waals surface area contributed by atoms with E-state index in [0.717, 1.165) is 16.8 Å². The van der Waals surface area contributed by atoms with E-state index in [2.05, 4.69) is 19.9 Å². The fraction of sp³-hybridized carbons (Fsp3) is 0.353. The number of aromatic amines is 1. The van der Waals surface area contributed by atoms with Crippen LogP contribution in [-0.4, -0.2) is 52.4 Å². The molecule has 1 aliphatic heterocycles. The SMILES string of the molecule is COc1ccc2nc(CO[C@H]3CN(c4ncccn4)C[C@H]3F)[nH]c2c1. The van der Waals surface area contributed by atoms with Crippen molar-refractivity contribution in [2.45, 2.75) is 18.9 Å². The third-order valence-corrected chi connectivity index (χ3v) is 4.21. The molecule has 1 aromatic carbocycles. The van der Waals surface area contributed by atoms with Gasteiger partial charge in [0.25, 0.3) is 0 Å². The smallest absolute Gasteiger partial charge is 0.225 e. The summed E-state index contributed by atoms with van der Waals surface area (Å²) in [5.41, 5.74) is 1.68. The lowest BCUT2D eigenvalue weighted by molar-refractivity contribution is 0.0115. The standard InChI is InChI=1S/C17H18FN5O2/c1-24-11-3-4-13-14(7-11)22-16(21-13)10-25-15-9-23(8-12(15)18)17-19-5-2-6-20-17/h2-7,12,15H,8-10H2,1H3,(H,21,22)/t12-,15+/m1/s1. The Kier molecular flexibility index (Phi) is 4.19. The first-order chi connectivity index (χ1) is 12.2. The molecule has 1 aliphatic rings. The molecule has 0 unspecified atom stereocenters. The molecule has 3 aromatic rings. The van der Waals surface area contributed by atoms with Crippen molar-refractivity contribution < 1.29 is 13.9 Å². The van der Waals surface area contributed by atoms with Crippen molar-refractivity contribution in [1.29, 1.82) is 0 Å². The van der Waals surface area contributed by atoms with Gasteiger partial charge in [0.15, 0.2) is 0 Å². The Morgan fingerprint density at radius 3 is 2.92 bits per heavy atom. The van der Waals surface area contributed by atoms with Gasteiger partial charge in [0.1, 0.15) is 30.5 Å². The zero-order chi connectivity index (χ0) is 17.2. The van der Waals surface area contributed by atoms with Gasteiger partial charge < -0.3 is 19.4 Å². The van der Waals surface area contributed by atoms with Crippen LogP contribution in [0.1, 0.15) is 5.82 Å². The first-order valence-corrected chi connectivity index (χ1v) is 8.03. The van der Waals surface area contributed by atoms with Gasteiger partial charge in [-0.25, -0.2) is 19.3 Å². The molecule has 1 fully saturated rings. The molecule has 1 N–H and O–H groups in total. The molecule has 0 bridgehead atoms. The monoisotopic (exact) mass is 343 g/mol. The van der Waals surface area contributed by atoms with Crippen molar-refractivity contribution in [3.63, 3.8) is 0 Å². The second kappa shape index (κ2) is 6.64. The van der Waals surface area contributed by atoms with Crippen molar-refractivity contribution in [2.75, 3.05) is 25.1 Å². The summed E-state index contributed by atoms with van der Waals surface area (Å²) in [5.74, 6) is 1.93. The average Bonchev–Trinajstić information content (AvgIpc) is 3.22. The maximum Gasteiger partial charge on any atom is 0.225 e. The van der Waals surface area contributed by atoms with Crippen LogP contribution in [0.25, 0.3) is 11.0 Å². The lowest BCUT2D eigenvalue weighted by atomic mass is 10.3. The number of rotatable bonds is 5. The molecular weight excluding hydrogens is 325 g/mol. The van der Waals surface area contributed by atoms with E-state index < -0.39 is 12.3 Å². The third-order valence-electron chi connectivity index (χ3n) is 4.21. The van der Waals surface area contributed by atoms with Crippen molar-refractivity contribution in [3.05, 3.63) is 42.5 Å². The van der Waals surface area contributed by atoms with E-state index in [1.807, 2.05) is 18.2 Å². The zero-order valence-electron chi connectivity index (χ0n) is 13.7. The van der Waals surface area contributed by atoms with Crippen LogP contribution in [0.3, 0.4) is 0 Å². The highest BCUT2D eigenvalue weighted by molar-refractivity contribution is 5.76. The fourth-order valence-corrected chi connectivity index (χ4v) is 2.93. The van der Waals surface area contributed by atoms with Gasteiger partial charge in [-0.3, -0.25) is 0 Å². The number of hydrogen-bond acceptors (Lipinski definition) is 6. The number of ether oxygens (including phenoxy) is 2. The molecule has 25 heavy (non-hydrogen) atoms. The number of imidazole rings is 1. The maximum absolute atomic E-state index is 14.3. The minimum atomic E-state index is -1.09. The Hall–Kier alpha value is -2.74. The Bertz CT molecular complexity index is 857. The number of benzene rings is 1. The maximum atomic E-state index is 14.3. The van der Waals surface area contributed by atoms with Crippen LogP contribution >= 0.6 is 0 Å². The normalized spacial score (nSPS) is 20.3. The number of fused-ring (bicyclic) bond motifs is 1. The average molecular weight is 343 g/mol. The van der Waals surface area contributed by atoms with Crippen molar-refractivity contribution in [3.8, 4) is 5.75 Å². The Labute approximate surface area is 143 Å². The zero-order valence-corrected chi connectivity index (χ0v) is 13.7. The van der Waals surface area contributed by atoms with Crippen molar-refractivity contribution in [1.82, 2.24) is 19.9 Å². The molecule has 8 heteroatoms. The van der Waals surface area contributed by atoms with Crippen LogP contribution in [0, 0.1) is 0 Å². The molecule has 0 saturated carbocycles. The second-order valence-corrected chi connectivity index (χ2v) is 5.89. The van der Waals surface area contributed by atoms with Crippen LogP contribution in [0.15, 0.2) is 36.7 Å². The molecule has 0 amide bonds. The van der Waals surface area contributed by atoms with E-state index in [1.165, 1.54) is 0 Å². The van der Waals surface area contributed by atoms with Gasteiger partial charge in [0.2, 0.25) is 5.95 Å². The van der Waals surface area contributed by atoms with Crippen molar-refractivity contribution in [2.24, 2.45) is 0 Å². The highest BCUT2D eigenvalue weighted by atomic mass is 19.1. The highest BCUT2D eigenvalue weighted by Crippen LogP contribution is 2.22. The number of aromatic nitrogens is 4. The van der Waals surface area contributed by atoms with E-state index in [-0.39, 0.29) is 13.2 Å². The summed E-state index contributed by atoms with van der Waals surface area (Å²) in [5, 5.41) is 0. The minimum Gasteiger partial charge on any atom is -0.497 e. The van der Waals surface area contributed by atoms with E-state index in [4.69, 9.17) is 9.47 Å². The van der Waals surface area contributed by atoms with Crippen LogP contribution in [-0.2, 0) is 11.3 Å². The topological polar surface area (TPSA) is 76.2 Å². The number of anilines is 1. The van der Waals surface area contributed by atoms with Crippen LogP contribution in [0.5, 0.6) is 5.75 Å². The largest absolute Gasteiger partial charge is 0.497 e. The van der Waals surface area contributed by atoms with Gasteiger partial charge in [-0.05, 0) is 18.2 Å². The van der Waals surface area contributed by atoms with Crippen molar-refractivity contribution >= 4 is 17.0 Å². The van der Waals surface area contributed by atoms with Gasteiger partial charge in [-0.15, -0.1) is 0 Å². The summed E-state index contributed by atoms with van der Waals surface area (Å²) in [6.07, 6.45) is 1.67. The summed E-state index contributed by atoms with van der Waals surface area (Å²) >= 11 is 0. The molecule has 3 heterocycles. The number of methoxy groups -OCH3 is 1. The van der Waals surface area contributed by atoms with Gasteiger partial charge in [0.05, 0.1) is 31.2 Å². The first kappa shape index (κ1) is 15.8. The summed E-state index contributed by atoms with van der Waals surface area (Å²) in [4.78, 5) is 17.7. The third kappa shape index (κ3) is 3.25. The number of nitrogens with zero attached hydrogens (tertiary/aromatic N) is 4. The van der Waals surface area contributed by atoms with Gasteiger partial charge in [-0.1, -0.05) is 0 Å². The molecule has 2 aromatic heterocycles. The van der Waals surface area contributed by atoms with E-state index in [0.29, 0.717) is 18.3 Å². The molecule has 1 saturated heterocycles. The Morgan fingerprint density at radius 2 is 2.12 bits per heavy atom. The van der Waals surface area contributed by atoms with E-state index in [9.17, 15) is 4.39 Å². The summed E-state index contributed by atoms with van der Waals surface area (Å²) in [6, 6.07) is 7.32. The number of halogens is 1. The number of H-pyrrole nitrogens is 1. The predicted molar refractivity (Wildman–Crippen MR) is 90.4 cm³/mol. The Morgan fingerprint density at radius 1 is 1.28 bits per heavy atom. The number of hydrogen-bond donors (Lipinski definition) is 1. The van der Waals surface area contributed by atoms with Gasteiger partial charge in [-0.2, -0.15) is 0 Å². The predicted octanol–water partition coefficient (Wildman–Crippen LogP) is 2.10. The minimum absolute atomic E-state index is 0.214. The summed E-state index contributed by atoms with van der Waals surface area (Å²) in [6.45, 7) is 0.858. The molecule has 0 radical (unpaired) electrons. The molecule has 7 nitrogen and oxygen atoms in total. The van der Waals surface area contributed by atoms with Crippen LogP contribution < -0.4 is 9.64 Å². The molecule has 4 rings (SSSR count). The Balaban J connectivity index is 1.41. The molecule has 0 aliphatic carbocycles. The first-order valence-electron chi connectivity index (χ1n) is 8.03. The fourth-order valence-electron chi connectivity index (χ4n) is 2.93. The molecule has 0 spiro atoms. The van der Waals surface area contributed by atoms with Gasteiger partial charge in [0, 0.05) is 18.5 Å². The summed E-state index contributed by atoms with van der Waals surface area (Å²) < 4.78 is 25.2. The second-order valence-electron chi connectivity index (χ2n) is 5.89. The van der Waals surface area contributed by atoms with E-state index in [1.54, 1.807) is 30.5 Å². The quantitative estimate of drug-likeness (QED) is 0.765. The lowest BCUT2D eigenvalue weighted by Crippen LogP contribution is -2.25. The lowest BCUT2D eigenvalue weighted by Gasteiger charge is -2.15. The number of nitrogens with one attached hydrogen (secondary N) is 1. The number of alkyl halides is 1. The molecule has 2 atom stereocenters. The highest BCUT2D eigenvalue weighted by Gasteiger charge is 2.35. The van der Waals surface area contributed by atoms with Gasteiger partial charge >= 0.3 is 0 Å². The molecule has 130 valence electrons. The molecular formula is C17H18FN5O2. The van der Waals surface area contributed by atoms with Crippen LogP contribution in [0.2, 0.25) is 0 Å².